The van der Waals surface area contributed by atoms with Crippen molar-refractivity contribution in [3.63, 3.8) is 0 Å². The topological polar surface area (TPSA) is 49.3 Å². The highest BCUT2D eigenvalue weighted by molar-refractivity contribution is 5.66. The summed E-state index contributed by atoms with van der Waals surface area (Å²) in [5, 5.41) is 12.2. The van der Waals surface area contributed by atoms with Gasteiger partial charge in [0.25, 0.3) is 0 Å². The van der Waals surface area contributed by atoms with Crippen LogP contribution in [0.1, 0.15) is 58.8 Å². The Balaban J connectivity index is 2.02. The van der Waals surface area contributed by atoms with Crippen LogP contribution in [0, 0.1) is 11.8 Å². The summed E-state index contributed by atoms with van der Waals surface area (Å²) in [5.41, 5.74) is 0. The lowest BCUT2D eigenvalue weighted by Crippen LogP contribution is -2.33. The van der Waals surface area contributed by atoms with Gasteiger partial charge < -0.3 is 10.4 Å². The number of hydrogen-bond donors (Lipinski definition) is 2. The van der Waals surface area contributed by atoms with Crippen LogP contribution in [0.3, 0.4) is 0 Å². The van der Waals surface area contributed by atoms with Crippen LogP contribution in [0.25, 0.3) is 0 Å². The first-order chi connectivity index (χ1) is 8.15. The molecule has 0 radical (unpaired) electrons. The molecule has 0 spiro atoms. The molecule has 0 saturated heterocycles. The summed E-state index contributed by atoms with van der Waals surface area (Å²) in [5.74, 6) is 1.03. The fraction of sp³-hybridized carbons (Fsp3) is 0.929. The number of hydrogen-bond acceptors (Lipinski definition) is 2. The van der Waals surface area contributed by atoms with Gasteiger partial charge in [0, 0.05) is 12.5 Å². The van der Waals surface area contributed by atoms with E-state index < -0.39 is 5.97 Å². The lowest BCUT2D eigenvalue weighted by molar-refractivity contribution is -0.137. The second-order valence-corrected chi connectivity index (χ2v) is 5.37. The average molecular weight is 241 g/mol. The Kier molecular flexibility index (Phi) is 6.56. The molecular weight excluding hydrogens is 214 g/mol. The highest BCUT2D eigenvalue weighted by Crippen LogP contribution is 2.33. The van der Waals surface area contributed by atoms with Gasteiger partial charge in [-0.2, -0.15) is 0 Å². The first-order valence-electron chi connectivity index (χ1n) is 7.10. The summed E-state index contributed by atoms with van der Waals surface area (Å²) in [7, 11) is 0. The fourth-order valence-corrected chi connectivity index (χ4v) is 2.98. The zero-order valence-electron chi connectivity index (χ0n) is 11.2. The minimum atomic E-state index is -0.673. The van der Waals surface area contributed by atoms with Crippen LogP contribution in [0.15, 0.2) is 0 Å². The van der Waals surface area contributed by atoms with E-state index in [0.717, 1.165) is 37.6 Å². The monoisotopic (exact) mass is 241 g/mol. The van der Waals surface area contributed by atoms with Crippen molar-refractivity contribution in [3.05, 3.63) is 0 Å². The zero-order chi connectivity index (χ0) is 12.7. The van der Waals surface area contributed by atoms with E-state index >= 15 is 0 Å². The van der Waals surface area contributed by atoms with Crippen molar-refractivity contribution >= 4 is 5.97 Å². The molecular formula is C14H27NO2. The number of carboxylic acid groups (broad SMARTS) is 1. The number of carbonyl (C=O) groups is 1. The normalized spacial score (nSPS) is 28.5. The third-order valence-electron chi connectivity index (χ3n) is 4.23. The maximum Gasteiger partial charge on any atom is 0.303 e. The van der Waals surface area contributed by atoms with E-state index in [1.54, 1.807) is 0 Å². The number of carboxylic acids is 1. The Morgan fingerprint density at radius 3 is 2.65 bits per heavy atom. The Morgan fingerprint density at radius 2 is 2.06 bits per heavy atom. The average Bonchev–Trinajstić information content (AvgIpc) is 2.64. The van der Waals surface area contributed by atoms with Gasteiger partial charge in [-0.15, -0.1) is 0 Å². The molecule has 1 saturated carbocycles. The number of aliphatic carboxylic acids is 1. The van der Waals surface area contributed by atoms with Gasteiger partial charge in [0.15, 0.2) is 0 Å². The van der Waals surface area contributed by atoms with Crippen molar-refractivity contribution in [1.82, 2.24) is 5.32 Å². The van der Waals surface area contributed by atoms with Crippen molar-refractivity contribution in [2.45, 2.75) is 64.8 Å². The number of unbranched alkanes of at least 4 members (excludes halogenated alkanes) is 2. The minimum absolute atomic E-state index is 0.317. The van der Waals surface area contributed by atoms with Gasteiger partial charge in [-0.3, -0.25) is 4.79 Å². The predicted molar refractivity (Wildman–Crippen MR) is 70.1 cm³/mol. The summed E-state index contributed by atoms with van der Waals surface area (Å²) in [4.78, 5) is 10.3. The highest BCUT2D eigenvalue weighted by atomic mass is 16.4. The van der Waals surface area contributed by atoms with Gasteiger partial charge in [-0.05, 0) is 44.1 Å². The van der Waals surface area contributed by atoms with Gasteiger partial charge in [0.05, 0.1) is 0 Å². The maximum atomic E-state index is 10.3. The quantitative estimate of drug-likeness (QED) is 0.642. The maximum absolute atomic E-state index is 10.3. The molecule has 2 N–H and O–H groups in total. The largest absolute Gasteiger partial charge is 0.481 e. The van der Waals surface area contributed by atoms with Crippen molar-refractivity contribution < 1.29 is 9.90 Å². The molecule has 3 atom stereocenters. The Bertz CT molecular complexity index is 230. The molecule has 3 nitrogen and oxygen atoms in total. The lowest BCUT2D eigenvalue weighted by atomic mass is 9.93. The highest BCUT2D eigenvalue weighted by Gasteiger charge is 2.30. The standard InChI is InChI=1S/C14H27NO2/c1-3-12-8-9-13(11(12)2)15-10-6-4-5-7-14(16)17/h11-13,15H,3-10H2,1-2H3,(H,16,17). The summed E-state index contributed by atoms with van der Waals surface area (Å²) in [6.07, 6.45) is 7.25. The molecule has 1 aliphatic carbocycles. The van der Waals surface area contributed by atoms with Crippen molar-refractivity contribution in [2.24, 2.45) is 11.8 Å². The van der Waals surface area contributed by atoms with Gasteiger partial charge in [0.2, 0.25) is 0 Å². The van der Waals surface area contributed by atoms with Gasteiger partial charge in [-0.1, -0.05) is 26.7 Å². The van der Waals surface area contributed by atoms with Crippen molar-refractivity contribution in [3.8, 4) is 0 Å². The molecule has 1 fully saturated rings. The molecule has 0 aromatic heterocycles. The molecule has 0 aromatic rings. The molecule has 3 unspecified atom stereocenters. The van der Waals surface area contributed by atoms with E-state index in [4.69, 9.17) is 5.11 Å². The summed E-state index contributed by atoms with van der Waals surface area (Å²) in [6, 6.07) is 0.694. The molecule has 0 amide bonds. The molecule has 0 bridgehead atoms. The van der Waals surface area contributed by atoms with E-state index in [9.17, 15) is 4.79 Å². The molecule has 100 valence electrons. The Labute approximate surface area is 105 Å². The minimum Gasteiger partial charge on any atom is -0.481 e. The molecule has 1 aliphatic rings. The predicted octanol–water partition coefficient (Wildman–Crippen LogP) is 3.05. The molecule has 0 aliphatic heterocycles. The number of rotatable bonds is 8. The second-order valence-electron chi connectivity index (χ2n) is 5.37. The van der Waals surface area contributed by atoms with E-state index in [2.05, 4.69) is 19.2 Å². The van der Waals surface area contributed by atoms with E-state index in [-0.39, 0.29) is 0 Å². The molecule has 17 heavy (non-hydrogen) atoms. The van der Waals surface area contributed by atoms with Gasteiger partial charge in [0.1, 0.15) is 0 Å². The van der Waals surface area contributed by atoms with E-state index in [1.165, 1.54) is 19.3 Å². The van der Waals surface area contributed by atoms with Gasteiger partial charge in [-0.25, -0.2) is 0 Å². The molecule has 0 aromatic carbocycles. The summed E-state index contributed by atoms with van der Waals surface area (Å²) < 4.78 is 0. The second kappa shape index (κ2) is 7.70. The molecule has 1 rings (SSSR count). The van der Waals surface area contributed by atoms with Crippen LogP contribution in [0.4, 0.5) is 0 Å². The smallest absolute Gasteiger partial charge is 0.303 e. The Hall–Kier alpha value is -0.570. The van der Waals surface area contributed by atoms with Crippen LogP contribution in [0.5, 0.6) is 0 Å². The Morgan fingerprint density at radius 1 is 1.29 bits per heavy atom. The number of nitrogens with one attached hydrogen (secondary N) is 1. The van der Waals surface area contributed by atoms with E-state index in [1.807, 2.05) is 0 Å². The van der Waals surface area contributed by atoms with Gasteiger partial charge >= 0.3 is 5.97 Å². The lowest BCUT2D eigenvalue weighted by Gasteiger charge is -2.21. The van der Waals surface area contributed by atoms with Crippen LogP contribution in [-0.4, -0.2) is 23.7 Å². The first-order valence-corrected chi connectivity index (χ1v) is 7.10. The van der Waals surface area contributed by atoms with Crippen LogP contribution >= 0.6 is 0 Å². The van der Waals surface area contributed by atoms with Crippen molar-refractivity contribution in [2.75, 3.05) is 6.54 Å². The SMILES string of the molecule is CCC1CCC(NCCCCCC(=O)O)C1C. The van der Waals surface area contributed by atoms with Crippen LogP contribution in [-0.2, 0) is 4.79 Å². The third-order valence-corrected chi connectivity index (χ3v) is 4.23. The first kappa shape index (κ1) is 14.5. The molecule has 3 heteroatoms. The van der Waals surface area contributed by atoms with Crippen molar-refractivity contribution in [1.29, 1.82) is 0 Å². The van der Waals surface area contributed by atoms with Crippen LogP contribution < -0.4 is 5.32 Å². The van der Waals surface area contributed by atoms with Crippen LogP contribution in [0.2, 0.25) is 0 Å². The fourth-order valence-electron chi connectivity index (χ4n) is 2.98. The zero-order valence-corrected chi connectivity index (χ0v) is 11.2. The summed E-state index contributed by atoms with van der Waals surface area (Å²) in [6.45, 7) is 5.70. The molecule has 0 heterocycles. The van der Waals surface area contributed by atoms with E-state index in [0.29, 0.717) is 12.5 Å². The third kappa shape index (κ3) is 5.07. The summed E-state index contributed by atoms with van der Waals surface area (Å²) >= 11 is 0.